The van der Waals surface area contributed by atoms with Crippen molar-refractivity contribution in [2.24, 2.45) is 5.92 Å². The van der Waals surface area contributed by atoms with Gasteiger partial charge in [0.25, 0.3) is 0 Å². The second-order valence-electron chi connectivity index (χ2n) is 7.67. The number of nitrogens with one attached hydrogen (secondary N) is 1. The van der Waals surface area contributed by atoms with E-state index in [1.54, 1.807) is 12.4 Å². The van der Waals surface area contributed by atoms with Gasteiger partial charge in [-0.3, -0.25) is 14.2 Å². The predicted molar refractivity (Wildman–Crippen MR) is 111 cm³/mol. The highest BCUT2D eigenvalue weighted by molar-refractivity contribution is 5.79. The lowest BCUT2D eigenvalue weighted by molar-refractivity contribution is -0.132. The van der Waals surface area contributed by atoms with Crippen molar-refractivity contribution in [3.8, 4) is 11.3 Å². The van der Waals surface area contributed by atoms with E-state index < -0.39 is 0 Å². The summed E-state index contributed by atoms with van der Waals surface area (Å²) in [7, 11) is 0. The molecule has 0 aliphatic carbocycles. The molecule has 1 aliphatic rings. The van der Waals surface area contributed by atoms with E-state index in [0.717, 1.165) is 54.6 Å². The molecule has 3 aromatic rings. The molecule has 1 aliphatic heterocycles. The molecule has 6 nitrogen and oxygen atoms in total. The number of imidazole rings is 1. The van der Waals surface area contributed by atoms with Gasteiger partial charge in [0.1, 0.15) is 11.5 Å². The molecule has 0 spiro atoms. The van der Waals surface area contributed by atoms with Gasteiger partial charge < -0.3 is 10.2 Å². The van der Waals surface area contributed by atoms with Crippen molar-refractivity contribution in [1.29, 1.82) is 0 Å². The summed E-state index contributed by atoms with van der Waals surface area (Å²) >= 11 is 0. The number of hydrogen-bond acceptors (Lipinski definition) is 4. The van der Waals surface area contributed by atoms with Gasteiger partial charge in [-0.25, -0.2) is 4.98 Å². The third-order valence-electron chi connectivity index (χ3n) is 5.60. The van der Waals surface area contributed by atoms with Crippen LogP contribution in [0.1, 0.15) is 31.7 Å². The van der Waals surface area contributed by atoms with Crippen molar-refractivity contribution in [1.82, 2.24) is 19.3 Å². The Morgan fingerprint density at radius 3 is 2.82 bits per heavy atom. The summed E-state index contributed by atoms with van der Waals surface area (Å²) in [4.78, 5) is 23.5. The third kappa shape index (κ3) is 3.72. The number of piperidine rings is 1. The van der Waals surface area contributed by atoms with Crippen LogP contribution in [-0.4, -0.2) is 44.8 Å². The van der Waals surface area contributed by atoms with Gasteiger partial charge in [0.05, 0.1) is 6.20 Å². The Balaban J connectivity index is 1.52. The van der Waals surface area contributed by atoms with Crippen molar-refractivity contribution < 1.29 is 4.79 Å². The molecule has 146 valence electrons. The fourth-order valence-electron chi connectivity index (χ4n) is 3.81. The lowest BCUT2D eigenvalue weighted by Crippen LogP contribution is -2.38. The van der Waals surface area contributed by atoms with E-state index >= 15 is 0 Å². The average Bonchev–Trinajstić information content (AvgIpc) is 3.07. The molecule has 0 unspecified atom stereocenters. The Hall–Kier alpha value is -2.89. The van der Waals surface area contributed by atoms with E-state index in [1.165, 1.54) is 5.56 Å². The second kappa shape index (κ2) is 8.00. The number of benzene rings is 1. The number of hydrogen-bond donors (Lipinski definition) is 1. The first-order valence-electron chi connectivity index (χ1n) is 10.0. The highest BCUT2D eigenvalue weighted by atomic mass is 16.2. The quantitative estimate of drug-likeness (QED) is 0.735. The average molecular weight is 377 g/mol. The van der Waals surface area contributed by atoms with E-state index in [-0.39, 0.29) is 5.91 Å². The SMILES string of the molecule is Cc1ccccc1-c1nc2cnccn2c1NCCC(=O)N1CCC(C)CC1. The number of rotatable bonds is 5. The van der Waals surface area contributed by atoms with Gasteiger partial charge in [-0.1, -0.05) is 31.2 Å². The summed E-state index contributed by atoms with van der Waals surface area (Å²) in [6.07, 6.45) is 8.11. The predicted octanol–water partition coefficient (Wildman–Crippen LogP) is 3.77. The molecule has 1 aromatic carbocycles. The van der Waals surface area contributed by atoms with Gasteiger partial charge in [-0.05, 0) is 31.2 Å². The molecule has 28 heavy (non-hydrogen) atoms. The molecule has 1 saturated heterocycles. The number of nitrogens with zero attached hydrogens (tertiary/aromatic N) is 4. The van der Waals surface area contributed by atoms with E-state index in [0.29, 0.717) is 13.0 Å². The smallest absolute Gasteiger partial charge is 0.224 e. The van der Waals surface area contributed by atoms with Crippen LogP contribution in [0.5, 0.6) is 0 Å². The number of aryl methyl sites for hydroxylation is 1. The Bertz CT molecular complexity index is 972. The van der Waals surface area contributed by atoms with Crippen LogP contribution in [-0.2, 0) is 4.79 Å². The second-order valence-corrected chi connectivity index (χ2v) is 7.67. The summed E-state index contributed by atoms with van der Waals surface area (Å²) in [6, 6.07) is 8.22. The maximum absolute atomic E-state index is 12.6. The normalized spacial score (nSPS) is 15.1. The summed E-state index contributed by atoms with van der Waals surface area (Å²) in [5, 5.41) is 3.47. The van der Waals surface area contributed by atoms with Crippen molar-refractivity contribution in [2.45, 2.75) is 33.1 Å². The van der Waals surface area contributed by atoms with Crippen molar-refractivity contribution in [2.75, 3.05) is 25.0 Å². The standard InChI is InChI=1S/C22H27N5O/c1-16-8-12-26(13-9-16)20(28)7-10-24-22-21(18-6-4-3-5-17(18)2)25-19-15-23-11-14-27(19)22/h3-6,11,14-16,24H,7-10,12-13H2,1-2H3. The summed E-state index contributed by atoms with van der Waals surface area (Å²) < 4.78 is 2.00. The summed E-state index contributed by atoms with van der Waals surface area (Å²) in [5.74, 6) is 1.87. The van der Waals surface area contributed by atoms with E-state index in [9.17, 15) is 4.79 Å². The molecule has 0 radical (unpaired) electrons. The zero-order valence-electron chi connectivity index (χ0n) is 16.6. The minimum absolute atomic E-state index is 0.229. The number of amides is 1. The number of likely N-dealkylation sites (tertiary alicyclic amines) is 1. The molecule has 1 amide bonds. The molecular formula is C22H27N5O. The minimum atomic E-state index is 0.229. The fourth-order valence-corrected chi connectivity index (χ4v) is 3.81. The van der Waals surface area contributed by atoms with Crippen LogP contribution in [0, 0.1) is 12.8 Å². The topological polar surface area (TPSA) is 62.5 Å². The maximum atomic E-state index is 12.6. The minimum Gasteiger partial charge on any atom is -0.369 e. The van der Waals surface area contributed by atoms with Gasteiger partial charge in [0, 0.05) is 44.0 Å². The number of aromatic nitrogens is 3. The lowest BCUT2D eigenvalue weighted by atomic mass is 9.99. The number of carbonyl (C=O) groups is 1. The molecule has 2 aromatic heterocycles. The molecule has 6 heteroatoms. The van der Waals surface area contributed by atoms with Crippen molar-refractivity contribution in [3.63, 3.8) is 0 Å². The van der Waals surface area contributed by atoms with Crippen LogP contribution in [0.3, 0.4) is 0 Å². The zero-order chi connectivity index (χ0) is 19.5. The number of anilines is 1. The monoisotopic (exact) mass is 377 g/mol. The zero-order valence-corrected chi connectivity index (χ0v) is 16.6. The molecule has 4 rings (SSSR count). The van der Waals surface area contributed by atoms with Crippen LogP contribution < -0.4 is 5.32 Å². The first-order valence-corrected chi connectivity index (χ1v) is 10.0. The molecule has 0 atom stereocenters. The molecular weight excluding hydrogens is 350 g/mol. The van der Waals surface area contributed by atoms with Gasteiger partial charge >= 0.3 is 0 Å². The molecule has 1 fully saturated rings. The molecule has 0 bridgehead atoms. The fraction of sp³-hybridized carbons (Fsp3) is 0.409. The highest BCUT2D eigenvalue weighted by Crippen LogP contribution is 2.30. The maximum Gasteiger partial charge on any atom is 0.224 e. The van der Waals surface area contributed by atoms with Gasteiger partial charge in [0.2, 0.25) is 5.91 Å². The Labute approximate surface area is 165 Å². The highest BCUT2D eigenvalue weighted by Gasteiger charge is 2.20. The molecule has 3 heterocycles. The van der Waals surface area contributed by atoms with Gasteiger partial charge in [-0.2, -0.15) is 0 Å². The van der Waals surface area contributed by atoms with Gasteiger partial charge in [0.15, 0.2) is 5.65 Å². The van der Waals surface area contributed by atoms with Crippen LogP contribution in [0.4, 0.5) is 5.82 Å². The first-order chi connectivity index (χ1) is 13.6. The molecule has 1 N–H and O–H groups in total. The van der Waals surface area contributed by atoms with Crippen LogP contribution in [0.25, 0.3) is 16.9 Å². The van der Waals surface area contributed by atoms with E-state index in [4.69, 9.17) is 4.98 Å². The first kappa shape index (κ1) is 18.5. The van der Waals surface area contributed by atoms with E-state index in [1.807, 2.05) is 27.6 Å². The molecule has 0 saturated carbocycles. The van der Waals surface area contributed by atoms with Crippen molar-refractivity contribution in [3.05, 3.63) is 48.4 Å². The Morgan fingerprint density at radius 1 is 1.25 bits per heavy atom. The lowest BCUT2D eigenvalue weighted by Gasteiger charge is -2.30. The Kier molecular flexibility index (Phi) is 5.28. The van der Waals surface area contributed by atoms with Crippen LogP contribution >= 0.6 is 0 Å². The largest absolute Gasteiger partial charge is 0.369 e. The van der Waals surface area contributed by atoms with E-state index in [2.05, 4.69) is 36.3 Å². The van der Waals surface area contributed by atoms with Crippen LogP contribution in [0.15, 0.2) is 42.9 Å². The van der Waals surface area contributed by atoms with Crippen molar-refractivity contribution >= 4 is 17.4 Å². The summed E-state index contributed by atoms with van der Waals surface area (Å²) in [5.41, 5.74) is 3.94. The Morgan fingerprint density at radius 2 is 2.04 bits per heavy atom. The summed E-state index contributed by atoms with van der Waals surface area (Å²) in [6.45, 7) is 6.70. The number of fused-ring (bicyclic) bond motifs is 1. The van der Waals surface area contributed by atoms with Gasteiger partial charge in [-0.15, -0.1) is 0 Å². The number of carbonyl (C=O) groups excluding carboxylic acids is 1. The third-order valence-corrected chi connectivity index (χ3v) is 5.60. The van der Waals surface area contributed by atoms with Crippen LogP contribution in [0.2, 0.25) is 0 Å².